The van der Waals surface area contributed by atoms with E-state index in [0.29, 0.717) is 12.8 Å². The van der Waals surface area contributed by atoms with E-state index < -0.39 is 6.04 Å². The Bertz CT molecular complexity index is 430. The number of amidine groups is 1. The Labute approximate surface area is 117 Å². The van der Waals surface area contributed by atoms with Crippen molar-refractivity contribution in [2.45, 2.75) is 56.5 Å². The smallest absolute Gasteiger partial charge is 0.251 e. The highest BCUT2D eigenvalue weighted by molar-refractivity contribution is 8.14. The fourth-order valence-electron chi connectivity index (χ4n) is 3.02. The number of thioether (sulfide) groups is 1. The van der Waals surface area contributed by atoms with Crippen LogP contribution in [-0.2, 0) is 9.59 Å². The van der Waals surface area contributed by atoms with E-state index >= 15 is 0 Å². The largest absolute Gasteiger partial charge is 0.359 e. The minimum atomic E-state index is -0.397. The zero-order chi connectivity index (χ0) is 13.3. The van der Waals surface area contributed by atoms with Crippen molar-refractivity contribution in [3.63, 3.8) is 0 Å². The van der Waals surface area contributed by atoms with Gasteiger partial charge in [0.1, 0.15) is 6.04 Å². The second-order valence-electron chi connectivity index (χ2n) is 5.66. The van der Waals surface area contributed by atoms with Crippen molar-refractivity contribution in [2.24, 2.45) is 4.99 Å². The highest BCUT2D eigenvalue weighted by Gasteiger charge is 2.39. The Morgan fingerprint density at radius 1 is 1.21 bits per heavy atom. The lowest BCUT2D eigenvalue weighted by Gasteiger charge is -2.32. The van der Waals surface area contributed by atoms with Crippen molar-refractivity contribution >= 4 is 28.7 Å². The van der Waals surface area contributed by atoms with E-state index in [-0.39, 0.29) is 17.4 Å². The van der Waals surface area contributed by atoms with Crippen molar-refractivity contribution in [3.05, 3.63) is 0 Å². The maximum atomic E-state index is 11.7. The summed E-state index contributed by atoms with van der Waals surface area (Å²) in [5.41, 5.74) is 0.211. The maximum Gasteiger partial charge on any atom is 0.251 e. The van der Waals surface area contributed by atoms with Gasteiger partial charge in [0.05, 0.1) is 0 Å². The topological polar surface area (TPSA) is 70.6 Å². The molecule has 2 aliphatic heterocycles. The molecule has 104 valence electrons. The van der Waals surface area contributed by atoms with Crippen LogP contribution in [0.15, 0.2) is 4.99 Å². The molecule has 1 aliphatic carbocycles. The molecule has 1 spiro atoms. The Hall–Kier alpha value is -1.04. The summed E-state index contributed by atoms with van der Waals surface area (Å²) in [7, 11) is 0. The summed E-state index contributed by atoms with van der Waals surface area (Å²) in [6, 6.07) is -0.397. The van der Waals surface area contributed by atoms with Crippen LogP contribution in [0.2, 0.25) is 0 Å². The molecule has 1 saturated carbocycles. The number of carbonyl (C=O) groups is 2. The summed E-state index contributed by atoms with van der Waals surface area (Å²) in [5, 5.41) is 6.77. The SMILES string of the molecule is O=C1CCC(N=C2NC3(CCCCC3)CS2)C(=O)N1. The molecule has 2 amide bonds. The van der Waals surface area contributed by atoms with Crippen LogP contribution in [0.5, 0.6) is 0 Å². The standard InChI is InChI=1S/C13H19N3O2S/c17-10-5-4-9(11(18)15-10)14-12-16-13(8-19-12)6-2-1-3-7-13/h9H,1-8H2,(H,14,16)(H,15,17,18). The molecule has 0 aromatic rings. The Morgan fingerprint density at radius 2 is 2.00 bits per heavy atom. The molecule has 2 N–H and O–H groups in total. The lowest BCUT2D eigenvalue weighted by Crippen LogP contribution is -2.46. The molecular formula is C13H19N3O2S. The van der Waals surface area contributed by atoms with Crippen molar-refractivity contribution < 1.29 is 9.59 Å². The quantitative estimate of drug-likeness (QED) is 0.708. The van der Waals surface area contributed by atoms with Crippen LogP contribution in [0, 0.1) is 0 Å². The Morgan fingerprint density at radius 3 is 2.74 bits per heavy atom. The van der Waals surface area contributed by atoms with Gasteiger partial charge in [0.15, 0.2) is 5.17 Å². The monoisotopic (exact) mass is 281 g/mol. The number of piperidine rings is 1. The third-order valence-electron chi connectivity index (χ3n) is 4.15. The van der Waals surface area contributed by atoms with Crippen LogP contribution in [0.1, 0.15) is 44.9 Å². The summed E-state index contributed by atoms with van der Waals surface area (Å²) in [5.74, 6) is 0.618. The van der Waals surface area contributed by atoms with Crippen molar-refractivity contribution in [2.75, 3.05) is 5.75 Å². The van der Waals surface area contributed by atoms with Gasteiger partial charge in [-0.3, -0.25) is 14.9 Å². The molecule has 3 fully saturated rings. The molecule has 3 rings (SSSR count). The van der Waals surface area contributed by atoms with Gasteiger partial charge in [-0.25, -0.2) is 4.99 Å². The molecule has 0 aromatic carbocycles. The lowest BCUT2D eigenvalue weighted by molar-refractivity contribution is -0.133. The molecule has 6 heteroatoms. The predicted molar refractivity (Wildman–Crippen MR) is 75.0 cm³/mol. The van der Waals surface area contributed by atoms with Crippen LogP contribution in [0.4, 0.5) is 0 Å². The number of aliphatic imine (C=N–C) groups is 1. The van der Waals surface area contributed by atoms with E-state index in [0.717, 1.165) is 10.9 Å². The van der Waals surface area contributed by atoms with Crippen molar-refractivity contribution in [3.8, 4) is 0 Å². The summed E-state index contributed by atoms with van der Waals surface area (Å²) in [6.07, 6.45) is 7.21. The minimum absolute atomic E-state index is 0.183. The second-order valence-corrected chi connectivity index (χ2v) is 6.62. The summed E-state index contributed by atoms with van der Waals surface area (Å²) >= 11 is 1.72. The van der Waals surface area contributed by atoms with Gasteiger partial charge in [-0.2, -0.15) is 0 Å². The number of nitrogens with one attached hydrogen (secondary N) is 2. The highest BCUT2D eigenvalue weighted by atomic mass is 32.2. The number of hydrogen-bond donors (Lipinski definition) is 2. The fraction of sp³-hybridized carbons (Fsp3) is 0.769. The van der Waals surface area contributed by atoms with Crippen molar-refractivity contribution in [1.29, 1.82) is 0 Å². The van der Waals surface area contributed by atoms with Gasteiger partial charge in [0.25, 0.3) is 5.91 Å². The van der Waals surface area contributed by atoms with Gasteiger partial charge in [-0.05, 0) is 19.3 Å². The van der Waals surface area contributed by atoms with E-state index in [1.807, 2.05) is 0 Å². The molecule has 19 heavy (non-hydrogen) atoms. The second kappa shape index (κ2) is 5.15. The van der Waals surface area contributed by atoms with Crippen LogP contribution in [0.3, 0.4) is 0 Å². The number of hydrogen-bond acceptors (Lipinski definition) is 4. The van der Waals surface area contributed by atoms with Crippen LogP contribution in [-0.4, -0.2) is 34.3 Å². The molecule has 3 aliphatic rings. The minimum Gasteiger partial charge on any atom is -0.359 e. The van der Waals surface area contributed by atoms with Crippen LogP contribution >= 0.6 is 11.8 Å². The van der Waals surface area contributed by atoms with Crippen molar-refractivity contribution in [1.82, 2.24) is 10.6 Å². The number of imide groups is 1. The highest BCUT2D eigenvalue weighted by Crippen LogP contribution is 2.36. The number of nitrogens with zero attached hydrogens (tertiary/aromatic N) is 1. The number of rotatable bonds is 1. The Balaban J connectivity index is 1.65. The van der Waals surface area contributed by atoms with Gasteiger partial charge in [0.2, 0.25) is 5.91 Å². The molecule has 2 heterocycles. The molecule has 0 bridgehead atoms. The van der Waals surface area contributed by atoms with E-state index in [1.165, 1.54) is 32.1 Å². The first-order chi connectivity index (χ1) is 9.17. The van der Waals surface area contributed by atoms with Gasteiger partial charge < -0.3 is 5.32 Å². The van der Waals surface area contributed by atoms with Gasteiger partial charge in [-0.15, -0.1) is 0 Å². The first kappa shape index (κ1) is 13.0. The van der Waals surface area contributed by atoms with E-state index in [9.17, 15) is 9.59 Å². The molecule has 0 aromatic heterocycles. The zero-order valence-corrected chi connectivity index (χ0v) is 11.7. The Kier molecular flexibility index (Phi) is 3.52. The van der Waals surface area contributed by atoms with Crippen LogP contribution < -0.4 is 10.6 Å². The average Bonchev–Trinajstić information content (AvgIpc) is 2.77. The molecule has 5 nitrogen and oxygen atoms in total. The van der Waals surface area contributed by atoms with Gasteiger partial charge in [-0.1, -0.05) is 31.0 Å². The third kappa shape index (κ3) is 2.78. The summed E-state index contributed by atoms with van der Waals surface area (Å²) in [4.78, 5) is 27.3. The third-order valence-corrected chi connectivity index (χ3v) is 5.33. The average molecular weight is 281 g/mol. The maximum absolute atomic E-state index is 11.7. The summed E-state index contributed by atoms with van der Waals surface area (Å²) < 4.78 is 0. The van der Waals surface area contributed by atoms with Gasteiger partial charge >= 0.3 is 0 Å². The van der Waals surface area contributed by atoms with Gasteiger partial charge in [0, 0.05) is 17.7 Å². The van der Waals surface area contributed by atoms with E-state index in [2.05, 4.69) is 15.6 Å². The first-order valence-electron chi connectivity index (χ1n) is 6.99. The molecule has 1 unspecified atom stereocenters. The molecular weight excluding hydrogens is 262 g/mol. The van der Waals surface area contributed by atoms with E-state index in [1.54, 1.807) is 11.8 Å². The first-order valence-corrected chi connectivity index (χ1v) is 7.98. The predicted octanol–water partition coefficient (Wildman–Crippen LogP) is 1.19. The van der Waals surface area contributed by atoms with E-state index in [4.69, 9.17) is 0 Å². The molecule has 0 radical (unpaired) electrons. The fourth-order valence-corrected chi connectivity index (χ4v) is 4.28. The number of amides is 2. The normalized spacial score (nSPS) is 32.4. The molecule has 1 atom stereocenters. The summed E-state index contributed by atoms with van der Waals surface area (Å²) in [6.45, 7) is 0. The zero-order valence-electron chi connectivity index (χ0n) is 10.9. The number of carbonyl (C=O) groups excluding carboxylic acids is 2. The molecule has 2 saturated heterocycles. The van der Waals surface area contributed by atoms with Crippen LogP contribution in [0.25, 0.3) is 0 Å². The lowest BCUT2D eigenvalue weighted by atomic mass is 9.83.